The quantitative estimate of drug-likeness (QED) is 0.726. The summed E-state index contributed by atoms with van der Waals surface area (Å²) in [6, 6.07) is 4.47. The van der Waals surface area contributed by atoms with Crippen molar-refractivity contribution in [3.8, 4) is 0 Å². The van der Waals surface area contributed by atoms with E-state index in [-0.39, 0.29) is 5.91 Å². The number of anilines is 3. The highest BCUT2D eigenvalue weighted by Gasteiger charge is 2.30. The summed E-state index contributed by atoms with van der Waals surface area (Å²) in [5.41, 5.74) is 9.95. The molecule has 1 aromatic carbocycles. The third kappa shape index (κ3) is 2.35. The first-order chi connectivity index (χ1) is 9.54. The Morgan fingerprint density at radius 2 is 2.05 bits per heavy atom. The fraction of sp³-hybridized carbons (Fsp3) is 0.562. The van der Waals surface area contributed by atoms with Gasteiger partial charge in [0, 0.05) is 18.2 Å². The van der Waals surface area contributed by atoms with Crippen molar-refractivity contribution in [1.29, 1.82) is 0 Å². The van der Waals surface area contributed by atoms with Crippen LogP contribution in [0.2, 0.25) is 0 Å². The van der Waals surface area contributed by atoms with E-state index >= 15 is 0 Å². The van der Waals surface area contributed by atoms with Crippen LogP contribution in [0.4, 0.5) is 17.1 Å². The van der Waals surface area contributed by atoms with E-state index in [0.717, 1.165) is 35.0 Å². The number of amides is 1. The van der Waals surface area contributed by atoms with Gasteiger partial charge < -0.3 is 16.4 Å². The third-order valence-electron chi connectivity index (χ3n) is 4.98. The van der Waals surface area contributed by atoms with Gasteiger partial charge >= 0.3 is 0 Å². The summed E-state index contributed by atoms with van der Waals surface area (Å²) in [6.07, 6.45) is 3.78. The number of nitrogen functional groups attached to an aromatic ring is 1. The monoisotopic (exact) mass is 273 g/mol. The number of benzene rings is 1. The van der Waals surface area contributed by atoms with Gasteiger partial charge in [-0.25, -0.2) is 0 Å². The van der Waals surface area contributed by atoms with E-state index in [9.17, 15) is 4.79 Å². The van der Waals surface area contributed by atoms with Gasteiger partial charge in [-0.3, -0.25) is 4.79 Å². The van der Waals surface area contributed by atoms with Gasteiger partial charge in [0.25, 0.3) is 0 Å². The zero-order valence-electron chi connectivity index (χ0n) is 12.2. The molecular weight excluding hydrogens is 250 g/mol. The van der Waals surface area contributed by atoms with Crippen LogP contribution in [0.5, 0.6) is 0 Å². The zero-order valence-corrected chi connectivity index (χ0v) is 12.2. The summed E-state index contributed by atoms with van der Waals surface area (Å²) >= 11 is 0. The molecule has 3 atom stereocenters. The van der Waals surface area contributed by atoms with E-state index in [1.807, 2.05) is 12.1 Å². The fourth-order valence-corrected chi connectivity index (χ4v) is 3.34. The molecule has 3 rings (SSSR count). The van der Waals surface area contributed by atoms with Gasteiger partial charge in [0.2, 0.25) is 5.91 Å². The van der Waals surface area contributed by atoms with Crippen LogP contribution in [0.25, 0.3) is 0 Å². The second-order valence-electron chi connectivity index (χ2n) is 6.31. The number of carbonyl (C=O) groups excluding carboxylic acids is 1. The maximum absolute atomic E-state index is 11.5. The van der Waals surface area contributed by atoms with Crippen molar-refractivity contribution in [3.05, 3.63) is 17.7 Å². The molecule has 4 nitrogen and oxygen atoms in total. The molecular formula is C16H23N3O. The van der Waals surface area contributed by atoms with Crippen molar-refractivity contribution in [2.24, 2.45) is 11.8 Å². The Kier molecular flexibility index (Phi) is 3.32. The number of aryl methyl sites for hydroxylation is 1. The van der Waals surface area contributed by atoms with Crippen molar-refractivity contribution in [2.45, 2.75) is 45.6 Å². The van der Waals surface area contributed by atoms with E-state index in [4.69, 9.17) is 5.73 Å². The lowest BCUT2D eigenvalue weighted by molar-refractivity contribution is -0.116. The lowest BCUT2D eigenvalue weighted by Crippen LogP contribution is -2.25. The summed E-state index contributed by atoms with van der Waals surface area (Å²) < 4.78 is 0. The van der Waals surface area contributed by atoms with Gasteiger partial charge in [0.05, 0.1) is 11.4 Å². The number of rotatable bonds is 2. The SMILES string of the molecule is CC1CCC(Nc2cc3c(cc2N)CCC(=O)N3)C1C. The highest BCUT2D eigenvalue weighted by atomic mass is 16.1. The predicted octanol–water partition coefficient (Wildman–Crippen LogP) is 3.00. The molecule has 0 spiro atoms. The minimum Gasteiger partial charge on any atom is -0.397 e. The van der Waals surface area contributed by atoms with Crippen LogP contribution in [0, 0.1) is 11.8 Å². The summed E-state index contributed by atoms with van der Waals surface area (Å²) in [7, 11) is 0. The lowest BCUT2D eigenvalue weighted by atomic mass is 9.97. The molecule has 3 unspecified atom stereocenters. The normalized spacial score (nSPS) is 28.9. The van der Waals surface area contributed by atoms with Gasteiger partial charge in [0.1, 0.15) is 0 Å². The Morgan fingerprint density at radius 1 is 1.25 bits per heavy atom. The molecule has 1 aliphatic heterocycles. The van der Waals surface area contributed by atoms with Gasteiger partial charge in [0.15, 0.2) is 0 Å². The molecule has 1 aliphatic carbocycles. The van der Waals surface area contributed by atoms with Crippen LogP contribution in [-0.4, -0.2) is 11.9 Å². The van der Waals surface area contributed by atoms with E-state index < -0.39 is 0 Å². The van der Waals surface area contributed by atoms with Crippen molar-refractivity contribution in [2.75, 3.05) is 16.4 Å². The molecule has 4 heteroatoms. The highest BCUT2D eigenvalue weighted by molar-refractivity contribution is 5.95. The largest absolute Gasteiger partial charge is 0.397 e. The molecule has 1 aromatic rings. The topological polar surface area (TPSA) is 67.1 Å². The molecule has 0 radical (unpaired) electrons. The Bertz CT molecular complexity index is 541. The number of nitrogens with one attached hydrogen (secondary N) is 2. The molecule has 1 fully saturated rings. The molecule has 20 heavy (non-hydrogen) atoms. The highest BCUT2D eigenvalue weighted by Crippen LogP contribution is 2.36. The first-order valence-electron chi connectivity index (χ1n) is 7.53. The predicted molar refractivity (Wildman–Crippen MR) is 82.8 cm³/mol. The van der Waals surface area contributed by atoms with E-state index in [0.29, 0.717) is 18.4 Å². The molecule has 1 amide bonds. The van der Waals surface area contributed by atoms with Crippen LogP contribution in [-0.2, 0) is 11.2 Å². The molecule has 0 saturated heterocycles. The first-order valence-corrected chi connectivity index (χ1v) is 7.53. The first kappa shape index (κ1) is 13.3. The number of hydrogen-bond acceptors (Lipinski definition) is 3. The molecule has 0 aromatic heterocycles. The van der Waals surface area contributed by atoms with Crippen molar-refractivity contribution >= 4 is 23.0 Å². The fourth-order valence-electron chi connectivity index (χ4n) is 3.34. The summed E-state index contributed by atoms with van der Waals surface area (Å²) in [5.74, 6) is 1.50. The van der Waals surface area contributed by atoms with Gasteiger partial charge in [-0.2, -0.15) is 0 Å². The number of nitrogens with two attached hydrogens (primary N) is 1. The van der Waals surface area contributed by atoms with Crippen molar-refractivity contribution < 1.29 is 4.79 Å². The minimum atomic E-state index is 0.0936. The summed E-state index contributed by atoms with van der Waals surface area (Å²) in [4.78, 5) is 11.5. The average molecular weight is 273 g/mol. The molecule has 1 heterocycles. The maximum atomic E-state index is 11.5. The average Bonchev–Trinajstić information content (AvgIpc) is 2.72. The molecule has 4 N–H and O–H groups in total. The van der Waals surface area contributed by atoms with E-state index in [1.54, 1.807) is 0 Å². The molecule has 0 bridgehead atoms. The zero-order chi connectivity index (χ0) is 14.3. The van der Waals surface area contributed by atoms with E-state index in [2.05, 4.69) is 24.5 Å². The number of fused-ring (bicyclic) bond motifs is 1. The van der Waals surface area contributed by atoms with Crippen LogP contribution in [0.3, 0.4) is 0 Å². The number of hydrogen-bond donors (Lipinski definition) is 3. The van der Waals surface area contributed by atoms with Gasteiger partial charge in [-0.1, -0.05) is 13.8 Å². The third-order valence-corrected chi connectivity index (χ3v) is 4.98. The second-order valence-corrected chi connectivity index (χ2v) is 6.31. The van der Waals surface area contributed by atoms with Gasteiger partial charge in [-0.15, -0.1) is 0 Å². The Balaban J connectivity index is 1.83. The van der Waals surface area contributed by atoms with Crippen molar-refractivity contribution in [3.63, 3.8) is 0 Å². The van der Waals surface area contributed by atoms with Crippen LogP contribution < -0.4 is 16.4 Å². The Hall–Kier alpha value is -1.71. The Labute approximate surface area is 120 Å². The Morgan fingerprint density at radius 3 is 2.75 bits per heavy atom. The van der Waals surface area contributed by atoms with E-state index in [1.165, 1.54) is 12.8 Å². The minimum absolute atomic E-state index is 0.0936. The van der Waals surface area contributed by atoms with Crippen LogP contribution in [0.15, 0.2) is 12.1 Å². The second kappa shape index (κ2) is 5.00. The van der Waals surface area contributed by atoms with Gasteiger partial charge in [-0.05, 0) is 48.8 Å². The standard InChI is InChI=1S/C16H23N3O/c1-9-3-5-13(10(9)2)18-15-8-14-11(7-12(15)17)4-6-16(20)19-14/h7-10,13,18H,3-6,17H2,1-2H3,(H,19,20). The molecule has 1 saturated carbocycles. The maximum Gasteiger partial charge on any atom is 0.224 e. The van der Waals surface area contributed by atoms with Crippen molar-refractivity contribution in [1.82, 2.24) is 0 Å². The van der Waals surface area contributed by atoms with Crippen LogP contribution in [0.1, 0.15) is 38.7 Å². The summed E-state index contributed by atoms with van der Waals surface area (Å²) in [6.45, 7) is 4.61. The molecule has 108 valence electrons. The lowest BCUT2D eigenvalue weighted by Gasteiger charge is -2.24. The smallest absolute Gasteiger partial charge is 0.224 e. The number of carbonyl (C=O) groups is 1. The molecule has 2 aliphatic rings. The summed E-state index contributed by atoms with van der Waals surface area (Å²) in [5, 5.41) is 6.52. The van der Waals surface area contributed by atoms with Crippen LogP contribution >= 0.6 is 0 Å².